The Morgan fingerprint density at radius 1 is 1.09 bits per heavy atom. The van der Waals surface area contributed by atoms with Crippen molar-refractivity contribution >= 4 is 45.7 Å². The van der Waals surface area contributed by atoms with Crippen LogP contribution in [0.1, 0.15) is 27.0 Å². The summed E-state index contributed by atoms with van der Waals surface area (Å²) in [5, 5.41) is 16.9. The Balaban J connectivity index is 1.48. The van der Waals surface area contributed by atoms with Crippen molar-refractivity contribution in [2.75, 3.05) is 5.32 Å². The van der Waals surface area contributed by atoms with Crippen molar-refractivity contribution in [3.63, 3.8) is 0 Å². The summed E-state index contributed by atoms with van der Waals surface area (Å²) in [4.78, 5) is 17.6. The number of para-hydroxylation sites is 2. The van der Waals surface area contributed by atoms with Gasteiger partial charge in [0.25, 0.3) is 5.91 Å². The lowest BCUT2D eigenvalue weighted by Crippen LogP contribution is -2.13. The first-order valence-corrected chi connectivity index (χ1v) is 11.5. The van der Waals surface area contributed by atoms with Gasteiger partial charge in [-0.15, -0.1) is 10.2 Å². The lowest BCUT2D eigenvalue weighted by molar-refractivity contribution is 0.0998. The van der Waals surface area contributed by atoms with Gasteiger partial charge in [0.05, 0.1) is 5.69 Å². The minimum Gasteiger partial charge on any atom is -0.451 e. The zero-order chi connectivity index (χ0) is 22.1. The van der Waals surface area contributed by atoms with Crippen molar-refractivity contribution in [2.24, 2.45) is 0 Å². The first-order chi connectivity index (χ1) is 15.6. The second-order valence-electron chi connectivity index (χ2n) is 6.92. The summed E-state index contributed by atoms with van der Waals surface area (Å²) in [5.74, 6) is 1.30. The van der Waals surface area contributed by atoms with E-state index < -0.39 is 0 Å². The fourth-order valence-electron chi connectivity index (χ4n) is 3.27. The van der Waals surface area contributed by atoms with Crippen LogP contribution >= 0.6 is 23.1 Å². The van der Waals surface area contributed by atoms with Crippen LogP contribution < -0.4 is 5.32 Å². The van der Waals surface area contributed by atoms with Crippen molar-refractivity contribution in [3.05, 3.63) is 70.8 Å². The lowest BCUT2D eigenvalue weighted by atomic mass is 10.1. The average Bonchev–Trinajstić information content (AvgIpc) is 3.51. The van der Waals surface area contributed by atoms with Crippen LogP contribution in [0.15, 0.2) is 61.8 Å². The number of hydrogen-bond acceptors (Lipinski definition) is 9. The minimum absolute atomic E-state index is 0.263. The monoisotopic (exact) mass is 463 g/mol. The van der Waals surface area contributed by atoms with E-state index in [1.165, 1.54) is 23.1 Å². The molecule has 0 aliphatic heterocycles. The van der Waals surface area contributed by atoms with Crippen molar-refractivity contribution in [3.8, 4) is 11.4 Å². The number of carbonyl (C=O) groups is 1. The van der Waals surface area contributed by atoms with Gasteiger partial charge >= 0.3 is 0 Å². The van der Waals surface area contributed by atoms with Crippen molar-refractivity contribution < 1.29 is 13.7 Å². The number of thioether (sulfide) groups is 1. The largest absolute Gasteiger partial charge is 0.451 e. The number of anilines is 1. The summed E-state index contributed by atoms with van der Waals surface area (Å²) in [6, 6.07) is 14.9. The van der Waals surface area contributed by atoms with E-state index in [1.807, 2.05) is 49.4 Å². The maximum Gasteiger partial charge on any atom is 0.291 e. The van der Waals surface area contributed by atoms with E-state index in [4.69, 9.17) is 8.94 Å². The van der Waals surface area contributed by atoms with Gasteiger partial charge in [-0.25, -0.2) is 0 Å². The summed E-state index contributed by atoms with van der Waals surface area (Å²) in [5.41, 5.74) is 2.69. The molecule has 0 unspecified atom stereocenters. The van der Waals surface area contributed by atoms with Gasteiger partial charge in [0.1, 0.15) is 10.6 Å². The molecule has 0 bridgehead atoms. The normalized spacial score (nSPS) is 11.2. The van der Waals surface area contributed by atoms with Crippen LogP contribution in [-0.2, 0) is 5.75 Å². The molecule has 0 fully saturated rings. The zero-order valence-electron chi connectivity index (χ0n) is 17.2. The quantitative estimate of drug-likeness (QED) is 0.329. The van der Waals surface area contributed by atoms with Crippen molar-refractivity contribution in [1.82, 2.24) is 20.3 Å². The molecule has 0 radical (unpaired) electrons. The molecule has 10 heteroatoms. The molecule has 5 aromatic rings. The SMILES string of the molecule is Cc1nc(-c2ccccc2NC(=O)c2oc3ccccc3c2CSc2nnc(C)s2)no1. The molecule has 0 spiro atoms. The fourth-order valence-corrected chi connectivity index (χ4v) is 5.11. The smallest absolute Gasteiger partial charge is 0.291 e. The van der Waals surface area contributed by atoms with Gasteiger partial charge < -0.3 is 14.3 Å². The molecule has 0 atom stereocenters. The third kappa shape index (κ3) is 4.02. The number of benzene rings is 2. The number of nitrogens with one attached hydrogen (secondary N) is 1. The number of rotatable bonds is 6. The Bertz CT molecular complexity index is 1420. The zero-order valence-corrected chi connectivity index (χ0v) is 18.8. The topological polar surface area (TPSA) is 107 Å². The van der Waals surface area contributed by atoms with Gasteiger partial charge in [-0.05, 0) is 25.1 Å². The van der Waals surface area contributed by atoms with Gasteiger partial charge in [-0.3, -0.25) is 4.79 Å². The van der Waals surface area contributed by atoms with E-state index >= 15 is 0 Å². The van der Waals surface area contributed by atoms with E-state index in [2.05, 4.69) is 25.7 Å². The fraction of sp³-hybridized carbons (Fsp3) is 0.136. The van der Waals surface area contributed by atoms with Gasteiger partial charge in [-0.2, -0.15) is 4.98 Å². The third-order valence-corrected chi connectivity index (χ3v) is 6.69. The molecular weight excluding hydrogens is 446 g/mol. The Morgan fingerprint density at radius 3 is 2.69 bits per heavy atom. The van der Waals surface area contributed by atoms with E-state index in [9.17, 15) is 4.79 Å². The molecule has 2 aromatic carbocycles. The highest BCUT2D eigenvalue weighted by Crippen LogP contribution is 2.34. The molecule has 160 valence electrons. The molecule has 0 aliphatic rings. The number of aromatic nitrogens is 4. The van der Waals surface area contributed by atoms with Crippen LogP contribution in [0.25, 0.3) is 22.4 Å². The van der Waals surface area contributed by atoms with Crippen molar-refractivity contribution in [1.29, 1.82) is 0 Å². The number of carbonyl (C=O) groups excluding carboxylic acids is 1. The highest BCUT2D eigenvalue weighted by Gasteiger charge is 2.22. The third-order valence-electron chi connectivity index (χ3n) is 4.70. The van der Waals surface area contributed by atoms with Crippen LogP contribution in [-0.4, -0.2) is 26.2 Å². The standard InChI is InChI=1S/C22H17N5O3S2/c1-12-23-20(27-30-12)15-8-3-5-9-17(15)24-21(28)19-16(11-31-22-26-25-13(2)32-22)14-7-4-6-10-18(14)29-19/h3-10H,11H2,1-2H3,(H,24,28). The Hall–Kier alpha value is -3.50. The van der Waals surface area contributed by atoms with Gasteiger partial charge in [0.2, 0.25) is 11.7 Å². The van der Waals surface area contributed by atoms with Crippen LogP contribution in [0.3, 0.4) is 0 Å². The second-order valence-corrected chi connectivity index (χ2v) is 9.32. The Morgan fingerprint density at radius 2 is 1.91 bits per heavy atom. The molecular formula is C22H17N5O3S2. The lowest BCUT2D eigenvalue weighted by Gasteiger charge is -2.08. The van der Waals surface area contributed by atoms with Gasteiger partial charge in [0.15, 0.2) is 10.1 Å². The van der Waals surface area contributed by atoms with Gasteiger partial charge in [-0.1, -0.05) is 58.6 Å². The molecule has 0 aliphatic carbocycles. The number of furan rings is 1. The number of aryl methyl sites for hydroxylation is 2. The molecule has 0 saturated carbocycles. The Labute approximate surface area is 191 Å². The average molecular weight is 464 g/mol. The second kappa shape index (κ2) is 8.56. The van der Waals surface area contributed by atoms with Crippen LogP contribution in [0.5, 0.6) is 0 Å². The van der Waals surface area contributed by atoms with Crippen molar-refractivity contribution in [2.45, 2.75) is 23.9 Å². The van der Waals surface area contributed by atoms with E-state index in [0.29, 0.717) is 34.3 Å². The van der Waals surface area contributed by atoms with Crippen LogP contribution in [0, 0.1) is 13.8 Å². The molecule has 3 heterocycles. The molecule has 32 heavy (non-hydrogen) atoms. The maximum atomic E-state index is 13.3. The first kappa shape index (κ1) is 20.4. The summed E-state index contributed by atoms with van der Waals surface area (Å²) in [7, 11) is 0. The predicted molar refractivity (Wildman–Crippen MR) is 123 cm³/mol. The molecule has 1 amide bonds. The van der Waals surface area contributed by atoms with Crippen LogP contribution in [0.4, 0.5) is 5.69 Å². The first-order valence-electron chi connectivity index (χ1n) is 9.73. The summed E-state index contributed by atoms with van der Waals surface area (Å²) in [6.07, 6.45) is 0. The molecule has 0 saturated heterocycles. The molecule has 1 N–H and O–H groups in total. The van der Waals surface area contributed by atoms with E-state index in [0.717, 1.165) is 20.3 Å². The summed E-state index contributed by atoms with van der Waals surface area (Å²) < 4.78 is 11.9. The summed E-state index contributed by atoms with van der Waals surface area (Å²) in [6.45, 7) is 3.63. The number of amides is 1. The number of hydrogen-bond donors (Lipinski definition) is 1. The minimum atomic E-state index is -0.349. The molecule has 3 aromatic heterocycles. The number of nitrogens with zero attached hydrogens (tertiary/aromatic N) is 4. The van der Waals surface area contributed by atoms with Crippen LogP contribution in [0.2, 0.25) is 0 Å². The van der Waals surface area contributed by atoms with Gasteiger partial charge in [0, 0.05) is 29.2 Å². The Kier molecular flexibility index (Phi) is 5.46. The maximum absolute atomic E-state index is 13.3. The molecule has 8 nitrogen and oxygen atoms in total. The summed E-state index contributed by atoms with van der Waals surface area (Å²) >= 11 is 3.05. The highest BCUT2D eigenvalue weighted by molar-refractivity contribution is 8.00. The molecule has 5 rings (SSSR count). The van der Waals surface area contributed by atoms with E-state index in [1.54, 1.807) is 13.0 Å². The van der Waals surface area contributed by atoms with E-state index in [-0.39, 0.29) is 11.7 Å². The highest BCUT2D eigenvalue weighted by atomic mass is 32.2. The number of fused-ring (bicyclic) bond motifs is 1. The predicted octanol–water partition coefficient (Wildman–Crippen LogP) is 5.50.